The number of amides is 2. The van der Waals surface area contributed by atoms with Crippen molar-refractivity contribution in [1.82, 2.24) is 10.2 Å². The van der Waals surface area contributed by atoms with Gasteiger partial charge in [0.05, 0.1) is 11.9 Å². The summed E-state index contributed by atoms with van der Waals surface area (Å²) in [5.41, 5.74) is 0.978. The number of rotatable bonds is 11. The fourth-order valence-corrected chi connectivity index (χ4v) is 5.33. The highest BCUT2D eigenvalue weighted by Gasteiger charge is 2.33. The number of carbonyl (C=O) groups excluding carboxylic acids is 2. The van der Waals surface area contributed by atoms with Crippen LogP contribution in [0.2, 0.25) is 10.0 Å². The molecule has 7 nitrogen and oxygen atoms in total. The summed E-state index contributed by atoms with van der Waals surface area (Å²) in [5.74, 6) is -3.67. The van der Waals surface area contributed by atoms with Crippen molar-refractivity contribution in [2.75, 3.05) is 17.1 Å². The summed E-state index contributed by atoms with van der Waals surface area (Å²) in [6.07, 6.45) is 0.954. The van der Waals surface area contributed by atoms with Gasteiger partial charge in [-0.3, -0.25) is 13.9 Å². The van der Waals surface area contributed by atoms with Crippen LogP contribution < -0.4 is 9.62 Å². The largest absolute Gasteiger partial charge is 0.352 e. The fraction of sp³-hybridized carbons (Fsp3) is 0.286. The smallest absolute Gasteiger partial charge is 0.244 e. The predicted octanol–water partition coefficient (Wildman–Crippen LogP) is 5.20. The molecule has 0 bridgehead atoms. The minimum absolute atomic E-state index is 0.112. The van der Waals surface area contributed by atoms with Crippen molar-refractivity contribution >= 4 is 50.7 Å². The van der Waals surface area contributed by atoms with Gasteiger partial charge in [-0.2, -0.15) is 0 Å². The number of nitrogens with one attached hydrogen (secondary N) is 1. The van der Waals surface area contributed by atoms with Gasteiger partial charge in [0.1, 0.15) is 12.6 Å². The Kier molecular flexibility index (Phi) is 10.5. The van der Waals surface area contributed by atoms with Gasteiger partial charge in [-0.15, -0.1) is 0 Å². The van der Waals surface area contributed by atoms with Gasteiger partial charge < -0.3 is 10.2 Å². The maximum Gasteiger partial charge on any atom is 0.244 e. The molecule has 0 aliphatic heterocycles. The van der Waals surface area contributed by atoms with Gasteiger partial charge in [0.2, 0.25) is 21.8 Å². The Morgan fingerprint density at radius 3 is 2.20 bits per heavy atom. The topological polar surface area (TPSA) is 86.8 Å². The zero-order chi connectivity index (χ0) is 29.6. The van der Waals surface area contributed by atoms with Gasteiger partial charge in [0.15, 0.2) is 11.6 Å². The molecule has 3 aromatic carbocycles. The molecule has 0 aliphatic carbocycles. The molecule has 3 rings (SSSR count). The number of carbonyl (C=O) groups is 2. The lowest BCUT2D eigenvalue weighted by Crippen LogP contribution is -2.54. The van der Waals surface area contributed by atoms with Crippen molar-refractivity contribution in [2.45, 2.75) is 38.9 Å². The summed E-state index contributed by atoms with van der Waals surface area (Å²) in [5, 5.41) is 3.44. The van der Waals surface area contributed by atoms with E-state index >= 15 is 0 Å². The molecule has 0 aromatic heterocycles. The highest BCUT2D eigenvalue weighted by molar-refractivity contribution is 7.92. The van der Waals surface area contributed by atoms with Gasteiger partial charge in [-0.05, 0) is 49.2 Å². The predicted molar refractivity (Wildman–Crippen MR) is 153 cm³/mol. The van der Waals surface area contributed by atoms with Gasteiger partial charge >= 0.3 is 0 Å². The zero-order valence-corrected chi connectivity index (χ0v) is 24.4. The molecule has 2 amide bonds. The SMILES string of the molecule is CC(C)NC(=O)[C@H](Cc1ccccc1)N(Cc1ccc(Cl)cc1Cl)C(=O)CN(c1ccc(F)c(F)c1)S(C)(=O)=O. The minimum Gasteiger partial charge on any atom is -0.352 e. The van der Waals surface area contributed by atoms with E-state index in [-0.39, 0.29) is 29.7 Å². The second-order valence-electron chi connectivity index (χ2n) is 9.49. The Balaban J connectivity index is 2.09. The van der Waals surface area contributed by atoms with Gasteiger partial charge in [0, 0.05) is 35.1 Å². The number of hydrogen-bond donors (Lipinski definition) is 1. The summed E-state index contributed by atoms with van der Waals surface area (Å²) in [6.45, 7) is 2.60. The van der Waals surface area contributed by atoms with Crippen LogP contribution >= 0.6 is 23.2 Å². The van der Waals surface area contributed by atoms with E-state index in [1.807, 2.05) is 6.07 Å². The van der Waals surface area contributed by atoms with Crippen LogP contribution in [-0.4, -0.2) is 50.0 Å². The Morgan fingerprint density at radius 1 is 0.950 bits per heavy atom. The molecule has 1 N–H and O–H groups in total. The van der Waals surface area contributed by atoms with Crippen molar-refractivity contribution in [2.24, 2.45) is 0 Å². The Bertz CT molecular complexity index is 1470. The first-order valence-electron chi connectivity index (χ1n) is 12.3. The number of hydrogen-bond acceptors (Lipinski definition) is 4. The molecule has 0 radical (unpaired) electrons. The number of benzene rings is 3. The Hall–Kier alpha value is -3.21. The van der Waals surface area contributed by atoms with Gasteiger partial charge in [-0.25, -0.2) is 17.2 Å². The fourth-order valence-electron chi connectivity index (χ4n) is 4.02. The summed E-state index contributed by atoms with van der Waals surface area (Å²) in [6, 6.07) is 14.9. The zero-order valence-electron chi connectivity index (χ0n) is 22.1. The standard InChI is InChI=1S/C28H29Cl2F2N3O4S/c1-18(2)33-28(37)26(13-19-7-5-4-6-8-19)34(16-20-9-10-21(29)14-23(20)30)27(36)17-35(40(3,38)39)22-11-12-24(31)25(32)15-22/h4-12,14-15,18,26H,13,16-17H2,1-3H3,(H,33,37)/t26-/m0/s1. The lowest BCUT2D eigenvalue weighted by molar-refractivity contribution is -0.140. The van der Waals surface area contributed by atoms with E-state index in [2.05, 4.69) is 5.32 Å². The summed E-state index contributed by atoms with van der Waals surface area (Å²) >= 11 is 12.5. The number of anilines is 1. The van der Waals surface area contributed by atoms with Crippen LogP contribution in [0.1, 0.15) is 25.0 Å². The Labute approximate surface area is 242 Å². The van der Waals surface area contributed by atoms with E-state index in [9.17, 15) is 26.8 Å². The van der Waals surface area contributed by atoms with Gasteiger partial charge in [0.25, 0.3) is 0 Å². The lowest BCUT2D eigenvalue weighted by atomic mass is 10.0. The minimum atomic E-state index is -4.13. The van der Waals surface area contributed by atoms with Crippen LogP contribution in [0.3, 0.4) is 0 Å². The molecule has 12 heteroatoms. The van der Waals surface area contributed by atoms with Gasteiger partial charge in [-0.1, -0.05) is 59.6 Å². The Morgan fingerprint density at radius 2 is 1.62 bits per heavy atom. The van der Waals surface area contributed by atoms with E-state index in [4.69, 9.17) is 23.2 Å². The summed E-state index contributed by atoms with van der Waals surface area (Å²) < 4.78 is 53.7. The third-order valence-electron chi connectivity index (χ3n) is 5.93. The van der Waals surface area contributed by atoms with Crippen LogP contribution in [0.25, 0.3) is 0 Å². The first-order valence-corrected chi connectivity index (χ1v) is 14.9. The molecule has 214 valence electrons. The highest BCUT2D eigenvalue weighted by atomic mass is 35.5. The molecule has 0 unspecified atom stereocenters. The molecular weight excluding hydrogens is 583 g/mol. The van der Waals surface area contributed by atoms with E-state index in [0.717, 1.165) is 24.0 Å². The normalized spacial score (nSPS) is 12.2. The number of halogens is 4. The first kappa shape index (κ1) is 31.3. The maximum absolute atomic E-state index is 14.0. The second kappa shape index (κ2) is 13.4. The molecule has 0 saturated carbocycles. The van der Waals surface area contributed by atoms with Crippen molar-refractivity contribution in [3.8, 4) is 0 Å². The van der Waals surface area contributed by atoms with Crippen molar-refractivity contribution in [3.63, 3.8) is 0 Å². The van der Waals surface area contributed by atoms with E-state index in [0.29, 0.717) is 21.0 Å². The molecule has 0 aliphatic rings. The maximum atomic E-state index is 14.0. The first-order chi connectivity index (χ1) is 18.8. The molecule has 0 heterocycles. The second-order valence-corrected chi connectivity index (χ2v) is 12.2. The van der Waals surface area contributed by atoms with E-state index < -0.39 is 46.1 Å². The summed E-state index contributed by atoms with van der Waals surface area (Å²) in [4.78, 5) is 28.7. The quantitative estimate of drug-likeness (QED) is 0.323. The van der Waals surface area contributed by atoms with Crippen LogP contribution in [0, 0.1) is 11.6 Å². The third kappa shape index (κ3) is 8.39. The van der Waals surface area contributed by atoms with Crippen LogP contribution in [0.15, 0.2) is 66.7 Å². The monoisotopic (exact) mass is 611 g/mol. The van der Waals surface area contributed by atoms with Crippen molar-refractivity contribution in [1.29, 1.82) is 0 Å². The molecule has 0 spiro atoms. The average molecular weight is 613 g/mol. The number of sulfonamides is 1. The van der Waals surface area contributed by atoms with E-state index in [1.165, 1.54) is 11.0 Å². The number of nitrogens with zero attached hydrogens (tertiary/aromatic N) is 2. The molecule has 1 atom stereocenters. The lowest BCUT2D eigenvalue weighted by Gasteiger charge is -2.34. The highest BCUT2D eigenvalue weighted by Crippen LogP contribution is 2.26. The van der Waals surface area contributed by atoms with E-state index in [1.54, 1.807) is 50.2 Å². The molecule has 0 saturated heterocycles. The van der Waals surface area contributed by atoms with Crippen LogP contribution in [0.4, 0.5) is 14.5 Å². The molecule has 0 fully saturated rings. The molecule has 3 aromatic rings. The van der Waals surface area contributed by atoms with Crippen LogP contribution in [-0.2, 0) is 32.6 Å². The van der Waals surface area contributed by atoms with Crippen molar-refractivity contribution in [3.05, 3.63) is 99.5 Å². The molecule has 40 heavy (non-hydrogen) atoms. The summed E-state index contributed by atoms with van der Waals surface area (Å²) in [7, 11) is -4.13. The third-order valence-corrected chi connectivity index (χ3v) is 7.66. The van der Waals surface area contributed by atoms with Crippen LogP contribution in [0.5, 0.6) is 0 Å². The average Bonchev–Trinajstić information content (AvgIpc) is 2.87. The van der Waals surface area contributed by atoms with Crippen molar-refractivity contribution < 1.29 is 26.8 Å². The molecular formula is C28H29Cl2F2N3O4S.